The van der Waals surface area contributed by atoms with E-state index in [-0.39, 0.29) is 0 Å². The van der Waals surface area contributed by atoms with Crippen LogP contribution in [0, 0.1) is 11.3 Å². The summed E-state index contributed by atoms with van der Waals surface area (Å²) in [5, 5.41) is 3.74. The summed E-state index contributed by atoms with van der Waals surface area (Å²) in [5.41, 5.74) is 0.308. The molecule has 0 aromatic heterocycles. The maximum absolute atomic E-state index is 5.89. The van der Waals surface area contributed by atoms with Crippen LogP contribution in [-0.4, -0.2) is 49.3 Å². The summed E-state index contributed by atoms with van der Waals surface area (Å²) >= 11 is 0. The molecule has 0 amide bonds. The van der Waals surface area contributed by atoms with Crippen molar-refractivity contribution in [2.24, 2.45) is 11.3 Å². The Hall–Kier alpha value is -0.120. The van der Waals surface area contributed by atoms with Gasteiger partial charge in [-0.05, 0) is 45.2 Å². The number of ether oxygens (including phenoxy) is 1. The number of nitrogens with one attached hydrogen (secondary N) is 1. The Labute approximate surface area is 125 Å². The lowest BCUT2D eigenvalue weighted by Gasteiger charge is -2.56. The quantitative estimate of drug-likeness (QED) is 0.839. The van der Waals surface area contributed by atoms with Crippen LogP contribution in [0.15, 0.2) is 0 Å². The van der Waals surface area contributed by atoms with E-state index in [1.807, 2.05) is 0 Å². The van der Waals surface area contributed by atoms with E-state index in [9.17, 15) is 0 Å². The first-order valence-corrected chi connectivity index (χ1v) is 8.54. The molecular weight excluding hydrogens is 248 g/mol. The Kier molecular flexibility index (Phi) is 5.49. The fourth-order valence-corrected chi connectivity index (χ4v) is 4.01. The molecular formula is C17H34N2O. The van der Waals surface area contributed by atoms with Crippen molar-refractivity contribution in [2.75, 3.05) is 26.2 Å². The standard InChI is InChI=1S/C17H34N2O/c1-6-20-16-11-15(17(16,4)5)19-9-7-8-18-14(12-19)10-13(2)3/h13-16,18H,6-12H2,1-5H3. The van der Waals surface area contributed by atoms with Gasteiger partial charge in [-0.1, -0.05) is 27.7 Å². The molecule has 3 nitrogen and oxygen atoms in total. The van der Waals surface area contributed by atoms with Crippen LogP contribution in [0.25, 0.3) is 0 Å². The van der Waals surface area contributed by atoms with Crippen LogP contribution in [0.2, 0.25) is 0 Å². The number of hydrogen-bond donors (Lipinski definition) is 1. The van der Waals surface area contributed by atoms with E-state index in [0.29, 0.717) is 23.6 Å². The molecule has 2 aliphatic rings. The third-order valence-corrected chi connectivity index (χ3v) is 5.20. The van der Waals surface area contributed by atoms with Gasteiger partial charge >= 0.3 is 0 Å². The zero-order valence-electron chi connectivity index (χ0n) is 14.1. The SMILES string of the molecule is CCOC1CC(N2CCCNC(CC(C)C)C2)C1(C)C. The molecule has 0 aromatic carbocycles. The predicted molar refractivity (Wildman–Crippen MR) is 85.0 cm³/mol. The molecule has 1 aliphatic carbocycles. The molecule has 1 saturated heterocycles. The maximum Gasteiger partial charge on any atom is 0.0655 e. The molecule has 1 heterocycles. The van der Waals surface area contributed by atoms with Crippen molar-refractivity contribution in [1.82, 2.24) is 10.2 Å². The van der Waals surface area contributed by atoms with Gasteiger partial charge in [0.05, 0.1) is 6.10 Å². The van der Waals surface area contributed by atoms with Crippen molar-refractivity contribution >= 4 is 0 Å². The lowest BCUT2D eigenvalue weighted by molar-refractivity contribution is -0.150. The maximum atomic E-state index is 5.89. The predicted octanol–water partition coefficient (Wildman–Crippen LogP) is 2.90. The minimum absolute atomic E-state index is 0.308. The van der Waals surface area contributed by atoms with E-state index < -0.39 is 0 Å². The number of nitrogens with zero attached hydrogens (tertiary/aromatic N) is 1. The number of hydrogen-bond acceptors (Lipinski definition) is 3. The highest BCUT2D eigenvalue weighted by molar-refractivity contribution is 5.04. The summed E-state index contributed by atoms with van der Waals surface area (Å²) < 4.78 is 5.89. The zero-order chi connectivity index (χ0) is 14.8. The van der Waals surface area contributed by atoms with Gasteiger partial charge in [0.15, 0.2) is 0 Å². The average Bonchev–Trinajstić information content (AvgIpc) is 2.58. The normalized spacial score (nSPS) is 34.8. The summed E-state index contributed by atoms with van der Waals surface area (Å²) in [7, 11) is 0. The molecule has 3 heteroatoms. The lowest BCUT2D eigenvalue weighted by Crippen LogP contribution is -2.63. The summed E-state index contributed by atoms with van der Waals surface area (Å²) in [6.07, 6.45) is 4.24. The third-order valence-electron chi connectivity index (χ3n) is 5.20. The summed E-state index contributed by atoms with van der Waals surface area (Å²) in [6, 6.07) is 1.37. The van der Waals surface area contributed by atoms with Crippen LogP contribution in [-0.2, 0) is 4.74 Å². The Bertz CT molecular complexity index is 303. The van der Waals surface area contributed by atoms with E-state index in [2.05, 4.69) is 44.8 Å². The Morgan fingerprint density at radius 3 is 2.70 bits per heavy atom. The van der Waals surface area contributed by atoms with Crippen LogP contribution >= 0.6 is 0 Å². The Balaban J connectivity index is 1.94. The van der Waals surface area contributed by atoms with E-state index in [1.165, 1.54) is 38.9 Å². The van der Waals surface area contributed by atoms with Gasteiger partial charge in [0.1, 0.15) is 0 Å². The molecule has 20 heavy (non-hydrogen) atoms. The van der Waals surface area contributed by atoms with Crippen molar-refractivity contribution in [3.63, 3.8) is 0 Å². The third kappa shape index (κ3) is 3.55. The summed E-state index contributed by atoms with van der Waals surface area (Å²) in [5.74, 6) is 0.776. The van der Waals surface area contributed by atoms with Gasteiger partial charge in [0.2, 0.25) is 0 Å². The van der Waals surface area contributed by atoms with Gasteiger partial charge in [0.25, 0.3) is 0 Å². The highest BCUT2D eigenvalue weighted by atomic mass is 16.5. The molecule has 1 N–H and O–H groups in total. The average molecular weight is 282 g/mol. The highest BCUT2D eigenvalue weighted by Crippen LogP contribution is 2.46. The van der Waals surface area contributed by atoms with Gasteiger partial charge in [-0.2, -0.15) is 0 Å². The van der Waals surface area contributed by atoms with Gasteiger partial charge in [0, 0.05) is 30.7 Å². The summed E-state index contributed by atoms with van der Waals surface area (Å²) in [6.45, 7) is 16.0. The van der Waals surface area contributed by atoms with E-state index in [0.717, 1.165) is 12.5 Å². The Morgan fingerprint density at radius 2 is 2.10 bits per heavy atom. The summed E-state index contributed by atoms with van der Waals surface area (Å²) in [4.78, 5) is 2.74. The molecule has 0 spiro atoms. The van der Waals surface area contributed by atoms with Gasteiger partial charge < -0.3 is 10.1 Å². The van der Waals surface area contributed by atoms with E-state index in [4.69, 9.17) is 4.74 Å². The van der Waals surface area contributed by atoms with E-state index >= 15 is 0 Å². The molecule has 2 rings (SSSR count). The molecule has 0 radical (unpaired) electrons. The second kappa shape index (κ2) is 6.76. The zero-order valence-corrected chi connectivity index (χ0v) is 14.1. The first-order valence-electron chi connectivity index (χ1n) is 8.54. The second-order valence-corrected chi connectivity index (χ2v) is 7.65. The molecule has 0 bridgehead atoms. The van der Waals surface area contributed by atoms with E-state index in [1.54, 1.807) is 0 Å². The second-order valence-electron chi connectivity index (χ2n) is 7.65. The highest BCUT2D eigenvalue weighted by Gasteiger charge is 2.51. The number of rotatable bonds is 5. The van der Waals surface area contributed by atoms with Crippen molar-refractivity contribution in [3.05, 3.63) is 0 Å². The Morgan fingerprint density at radius 1 is 1.35 bits per heavy atom. The van der Waals surface area contributed by atoms with Crippen molar-refractivity contribution in [1.29, 1.82) is 0 Å². The smallest absolute Gasteiger partial charge is 0.0655 e. The van der Waals surface area contributed by atoms with Crippen LogP contribution < -0.4 is 5.32 Å². The minimum atomic E-state index is 0.308. The van der Waals surface area contributed by atoms with Crippen LogP contribution in [0.1, 0.15) is 53.9 Å². The molecule has 3 unspecified atom stereocenters. The molecule has 1 saturated carbocycles. The van der Waals surface area contributed by atoms with Gasteiger partial charge in [-0.25, -0.2) is 0 Å². The van der Waals surface area contributed by atoms with Crippen LogP contribution in [0.4, 0.5) is 0 Å². The molecule has 2 fully saturated rings. The van der Waals surface area contributed by atoms with Gasteiger partial charge in [-0.3, -0.25) is 4.90 Å². The molecule has 0 aromatic rings. The first-order chi connectivity index (χ1) is 9.45. The van der Waals surface area contributed by atoms with Crippen molar-refractivity contribution in [2.45, 2.75) is 72.1 Å². The minimum Gasteiger partial charge on any atom is -0.378 e. The molecule has 3 atom stereocenters. The van der Waals surface area contributed by atoms with Gasteiger partial charge in [-0.15, -0.1) is 0 Å². The van der Waals surface area contributed by atoms with Crippen molar-refractivity contribution < 1.29 is 4.74 Å². The van der Waals surface area contributed by atoms with Crippen molar-refractivity contribution in [3.8, 4) is 0 Å². The first kappa shape index (κ1) is 16.3. The monoisotopic (exact) mass is 282 g/mol. The fraction of sp³-hybridized carbons (Fsp3) is 1.00. The largest absolute Gasteiger partial charge is 0.378 e. The van der Waals surface area contributed by atoms with Crippen LogP contribution in [0.5, 0.6) is 0 Å². The molecule has 1 aliphatic heterocycles. The van der Waals surface area contributed by atoms with Crippen LogP contribution in [0.3, 0.4) is 0 Å². The fourth-order valence-electron chi connectivity index (χ4n) is 4.01. The topological polar surface area (TPSA) is 24.5 Å². The molecule has 118 valence electrons. The lowest BCUT2D eigenvalue weighted by atomic mass is 9.63.